The molecule has 0 aliphatic rings. The molecule has 2 heterocycles. The summed E-state index contributed by atoms with van der Waals surface area (Å²) in [5, 5.41) is 3.89. The summed E-state index contributed by atoms with van der Waals surface area (Å²) in [7, 11) is 0. The molecule has 0 saturated carbocycles. The van der Waals surface area contributed by atoms with Crippen LogP contribution in [-0.4, -0.2) is 17.1 Å². The summed E-state index contributed by atoms with van der Waals surface area (Å²) in [6.07, 6.45) is 4.53. The zero-order chi connectivity index (χ0) is 16.1. The van der Waals surface area contributed by atoms with Crippen LogP contribution in [0.5, 0.6) is 0 Å². The van der Waals surface area contributed by atoms with Crippen LogP contribution in [0.2, 0.25) is 0 Å². The molecule has 3 rings (SSSR count). The second-order valence-corrected chi connectivity index (χ2v) is 5.57. The van der Waals surface area contributed by atoms with E-state index in [1.165, 1.54) is 12.4 Å². The Bertz CT molecular complexity index is 844. The summed E-state index contributed by atoms with van der Waals surface area (Å²) in [4.78, 5) is 15.7. The fourth-order valence-electron chi connectivity index (χ4n) is 1.94. The normalized spacial score (nSPS) is 10.8. The van der Waals surface area contributed by atoms with E-state index in [9.17, 15) is 4.79 Å². The van der Waals surface area contributed by atoms with Gasteiger partial charge in [0.05, 0.1) is 11.8 Å². The van der Waals surface area contributed by atoms with Crippen molar-refractivity contribution < 1.29 is 9.21 Å². The minimum absolute atomic E-state index is 0.326. The zero-order valence-corrected chi connectivity index (χ0v) is 13.5. The number of nitrogens with one attached hydrogen (secondary N) is 1. The number of halogens is 1. The molecule has 0 bridgehead atoms. The lowest BCUT2D eigenvalue weighted by molar-refractivity contribution is 0.0955. The van der Waals surface area contributed by atoms with Crippen LogP contribution in [0.25, 0.3) is 11.3 Å². The molecular weight excluding hydrogens is 358 g/mol. The summed E-state index contributed by atoms with van der Waals surface area (Å²) in [6.45, 7) is 0. The average molecular weight is 370 g/mol. The molecular formula is C17H12BrN3O2. The summed E-state index contributed by atoms with van der Waals surface area (Å²) in [5.74, 6) is 0.950. The highest BCUT2D eigenvalue weighted by molar-refractivity contribution is 9.10. The molecule has 114 valence electrons. The first-order chi connectivity index (χ1) is 11.2. The Kier molecular flexibility index (Phi) is 4.63. The Balaban J connectivity index is 1.66. The van der Waals surface area contributed by atoms with Crippen LogP contribution >= 0.6 is 15.9 Å². The SMILES string of the molecule is O=C(N/N=C/c1ccc(-c2cccc(Br)c2)o1)c1cccnc1. The van der Waals surface area contributed by atoms with Crippen molar-refractivity contribution in [1.29, 1.82) is 0 Å². The number of hydrazone groups is 1. The van der Waals surface area contributed by atoms with Gasteiger partial charge in [0.1, 0.15) is 11.5 Å². The number of amides is 1. The van der Waals surface area contributed by atoms with E-state index in [1.807, 2.05) is 30.3 Å². The number of furan rings is 1. The zero-order valence-electron chi connectivity index (χ0n) is 11.9. The molecule has 0 saturated heterocycles. The summed E-state index contributed by atoms with van der Waals surface area (Å²) >= 11 is 3.43. The van der Waals surface area contributed by atoms with Crippen molar-refractivity contribution >= 4 is 28.1 Å². The number of carbonyl (C=O) groups excluding carboxylic acids is 1. The first-order valence-corrected chi connectivity index (χ1v) is 7.61. The quantitative estimate of drug-likeness (QED) is 0.560. The van der Waals surface area contributed by atoms with Crippen LogP contribution < -0.4 is 5.43 Å². The van der Waals surface area contributed by atoms with Gasteiger partial charge in [-0.1, -0.05) is 28.1 Å². The van der Waals surface area contributed by atoms with Crippen LogP contribution in [0.1, 0.15) is 16.1 Å². The van der Waals surface area contributed by atoms with E-state index in [1.54, 1.807) is 24.4 Å². The van der Waals surface area contributed by atoms with Crippen LogP contribution in [0.15, 0.2) is 74.9 Å². The van der Waals surface area contributed by atoms with E-state index in [0.717, 1.165) is 15.8 Å². The molecule has 0 spiro atoms. The minimum atomic E-state index is -0.326. The molecule has 0 atom stereocenters. The molecule has 1 N–H and O–H groups in total. The molecule has 1 amide bonds. The third kappa shape index (κ3) is 3.92. The number of hydrogen-bond acceptors (Lipinski definition) is 4. The Morgan fingerprint density at radius 1 is 1.22 bits per heavy atom. The van der Waals surface area contributed by atoms with Crippen LogP contribution in [-0.2, 0) is 0 Å². The topological polar surface area (TPSA) is 67.5 Å². The van der Waals surface area contributed by atoms with Gasteiger partial charge < -0.3 is 4.42 Å². The van der Waals surface area contributed by atoms with E-state index in [2.05, 4.69) is 31.4 Å². The second kappa shape index (κ2) is 7.02. The lowest BCUT2D eigenvalue weighted by Crippen LogP contribution is -2.17. The maximum absolute atomic E-state index is 11.8. The van der Waals surface area contributed by atoms with Gasteiger partial charge in [0, 0.05) is 22.4 Å². The molecule has 23 heavy (non-hydrogen) atoms. The number of hydrogen-bond donors (Lipinski definition) is 1. The molecule has 5 nitrogen and oxygen atoms in total. The van der Waals surface area contributed by atoms with Crippen LogP contribution in [0.4, 0.5) is 0 Å². The molecule has 0 radical (unpaired) electrons. The van der Waals surface area contributed by atoms with Crippen molar-refractivity contribution in [3.63, 3.8) is 0 Å². The highest BCUT2D eigenvalue weighted by Gasteiger charge is 2.05. The standard InChI is InChI=1S/C17H12BrN3O2/c18-14-5-1-3-12(9-14)16-7-6-15(23-16)11-20-21-17(22)13-4-2-8-19-10-13/h1-11H,(H,21,22)/b20-11+. The molecule has 0 unspecified atom stereocenters. The lowest BCUT2D eigenvalue weighted by atomic mass is 10.2. The second-order valence-electron chi connectivity index (χ2n) is 4.65. The molecule has 2 aromatic heterocycles. The van der Waals surface area contributed by atoms with Crippen molar-refractivity contribution in [1.82, 2.24) is 10.4 Å². The lowest BCUT2D eigenvalue weighted by Gasteiger charge is -1.98. The van der Waals surface area contributed by atoms with E-state index < -0.39 is 0 Å². The number of nitrogens with zero attached hydrogens (tertiary/aromatic N) is 2. The van der Waals surface area contributed by atoms with Gasteiger partial charge >= 0.3 is 0 Å². The van der Waals surface area contributed by atoms with Gasteiger partial charge in [0.15, 0.2) is 0 Å². The Morgan fingerprint density at radius 3 is 2.91 bits per heavy atom. The Labute approximate surface area is 141 Å². The maximum Gasteiger partial charge on any atom is 0.272 e. The summed E-state index contributed by atoms with van der Waals surface area (Å²) in [5.41, 5.74) is 3.83. The van der Waals surface area contributed by atoms with Crippen LogP contribution in [0, 0.1) is 0 Å². The number of carbonyl (C=O) groups is 1. The van der Waals surface area contributed by atoms with Crippen molar-refractivity contribution in [2.45, 2.75) is 0 Å². The maximum atomic E-state index is 11.8. The summed E-state index contributed by atoms with van der Waals surface area (Å²) in [6, 6.07) is 14.8. The van der Waals surface area contributed by atoms with E-state index in [4.69, 9.17) is 4.42 Å². The minimum Gasteiger partial charge on any atom is -0.455 e. The number of aromatic nitrogens is 1. The first-order valence-electron chi connectivity index (χ1n) is 6.81. The third-order valence-corrected chi connectivity index (χ3v) is 3.51. The van der Waals surface area contributed by atoms with E-state index in [0.29, 0.717) is 11.3 Å². The molecule has 1 aromatic carbocycles. The molecule has 0 fully saturated rings. The van der Waals surface area contributed by atoms with Crippen molar-refractivity contribution in [2.24, 2.45) is 5.10 Å². The number of rotatable bonds is 4. The van der Waals surface area contributed by atoms with E-state index in [-0.39, 0.29) is 5.91 Å². The summed E-state index contributed by atoms with van der Waals surface area (Å²) < 4.78 is 6.66. The number of benzene rings is 1. The molecule has 0 aliphatic heterocycles. The smallest absolute Gasteiger partial charge is 0.272 e. The largest absolute Gasteiger partial charge is 0.455 e. The monoisotopic (exact) mass is 369 g/mol. The third-order valence-electron chi connectivity index (χ3n) is 3.02. The van der Waals surface area contributed by atoms with Crippen molar-refractivity contribution in [3.8, 4) is 11.3 Å². The van der Waals surface area contributed by atoms with Gasteiger partial charge in [-0.15, -0.1) is 0 Å². The first kappa shape index (κ1) is 15.2. The van der Waals surface area contributed by atoms with Crippen LogP contribution in [0.3, 0.4) is 0 Å². The number of pyridine rings is 1. The fourth-order valence-corrected chi connectivity index (χ4v) is 2.33. The predicted molar refractivity (Wildman–Crippen MR) is 91.1 cm³/mol. The van der Waals surface area contributed by atoms with Gasteiger partial charge in [-0.25, -0.2) is 5.43 Å². The molecule has 3 aromatic rings. The van der Waals surface area contributed by atoms with Crippen molar-refractivity contribution in [3.05, 3.63) is 76.7 Å². The van der Waals surface area contributed by atoms with Gasteiger partial charge in [0.25, 0.3) is 5.91 Å². The Hall–Kier alpha value is -2.73. The average Bonchev–Trinajstić information content (AvgIpc) is 3.04. The molecule has 6 heteroatoms. The van der Waals surface area contributed by atoms with Crippen molar-refractivity contribution in [2.75, 3.05) is 0 Å². The Morgan fingerprint density at radius 2 is 2.13 bits per heavy atom. The van der Waals surface area contributed by atoms with Gasteiger partial charge in [-0.05, 0) is 36.4 Å². The van der Waals surface area contributed by atoms with E-state index >= 15 is 0 Å². The van der Waals surface area contributed by atoms with Gasteiger partial charge in [-0.3, -0.25) is 9.78 Å². The highest BCUT2D eigenvalue weighted by atomic mass is 79.9. The van der Waals surface area contributed by atoms with Gasteiger partial charge in [-0.2, -0.15) is 5.10 Å². The highest BCUT2D eigenvalue weighted by Crippen LogP contribution is 2.24. The predicted octanol–water partition coefficient (Wildman–Crippen LogP) is 3.87. The van der Waals surface area contributed by atoms with Gasteiger partial charge in [0.2, 0.25) is 0 Å². The fraction of sp³-hybridized carbons (Fsp3) is 0. The molecule has 0 aliphatic carbocycles.